The van der Waals surface area contributed by atoms with Gasteiger partial charge in [-0.25, -0.2) is 0 Å². The summed E-state index contributed by atoms with van der Waals surface area (Å²) < 4.78 is 27.6. The number of hydrogen-bond donors (Lipinski definition) is 2. The number of nitrogens with two attached hydrogens (primary N) is 1. The van der Waals surface area contributed by atoms with Crippen LogP contribution in [0.1, 0.15) is 13.3 Å². The molecular formula is C7H21ClN2O3S. The van der Waals surface area contributed by atoms with Crippen molar-refractivity contribution in [3.63, 3.8) is 0 Å². The van der Waals surface area contributed by atoms with Crippen molar-refractivity contribution in [3.8, 4) is 0 Å². The van der Waals surface area contributed by atoms with Gasteiger partial charge in [-0.2, -0.15) is 8.42 Å². The minimum atomic E-state index is -3.67. The summed E-state index contributed by atoms with van der Waals surface area (Å²) in [7, 11) is 0.339. The van der Waals surface area contributed by atoms with Crippen molar-refractivity contribution in [2.24, 2.45) is 5.73 Å². The van der Waals surface area contributed by atoms with Crippen LogP contribution >= 0.6 is 12.4 Å². The Morgan fingerprint density at radius 2 is 1.79 bits per heavy atom. The second-order valence-electron chi connectivity index (χ2n) is 2.88. The van der Waals surface area contributed by atoms with E-state index in [1.165, 1.54) is 0 Å². The highest BCUT2D eigenvalue weighted by molar-refractivity contribution is 7.85. The van der Waals surface area contributed by atoms with Crippen molar-refractivity contribution < 1.29 is 13.0 Å². The van der Waals surface area contributed by atoms with Crippen LogP contribution in [0.3, 0.4) is 0 Å². The molecule has 0 bridgehead atoms. The Morgan fingerprint density at radius 3 is 1.79 bits per heavy atom. The minimum Gasteiger partial charge on any atom is -0.329 e. The SMILES string of the molecule is CCCS(=O)(=O)O.CN(C)CCN.Cl. The zero-order valence-electron chi connectivity index (χ0n) is 8.93. The smallest absolute Gasteiger partial charge is 0.264 e. The predicted octanol–water partition coefficient (Wildman–Crippen LogP) is 0.213. The summed E-state index contributed by atoms with van der Waals surface area (Å²) in [5.74, 6) is -0.132. The van der Waals surface area contributed by atoms with E-state index in [1.807, 2.05) is 14.1 Å². The van der Waals surface area contributed by atoms with Crippen LogP contribution in [-0.2, 0) is 10.1 Å². The molecule has 0 aliphatic carbocycles. The minimum absolute atomic E-state index is 0. The van der Waals surface area contributed by atoms with E-state index in [4.69, 9.17) is 10.3 Å². The van der Waals surface area contributed by atoms with Crippen LogP contribution in [0.15, 0.2) is 0 Å². The van der Waals surface area contributed by atoms with Crippen molar-refractivity contribution in [3.05, 3.63) is 0 Å². The van der Waals surface area contributed by atoms with E-state index in [2.05, 4.69) is 4.90 Å². The van der Waals surface area contributed by atoms with E-state index in [-0.39, 0.29) is 18.2 Å². The second-order valence-corrected chi connectivity index (χ2v) is 4.45. The van der Waals surface area contributed by atoms with Crippen LogP contribution in [0.2, 0.25) is 0 Å². The maximum Gasteiger partial charge on any atom is 0.264 e. The molecule has 0 rings (SSSR count). The molecule has 7 heteroatoms. The van der Waals surface area contributed by atoms with Crippen LogP contribution in [0.5, 0.6) is 0 Å². The van der Waals surface area contributed by atoms with Crippen molar-refractivity contribution in [1.82, 2.24) is 4.90 Å². The van der Waals surface area contributed by atoms with Crippen molar-refractivity contribution in [2.75, 3.05) is 32.9 Å². The molecule has 0 unspecified atom stereocenters. The Kier molecular flexibility index (Phi) is 15.7. The molecule has 0 aliphatic rings. The largest absolute Gasteiger partial charge is 0.329 e. The molecule has 0 spiro atoms. The molecule has 0 saturated carbocycles. The molecule has 5 nitrogen and oxygen atoms in total. The molecule has 0 saturated heterocycles. The van der Waals surface area contributed by atoms with Crippen molar-refractivity contribution in [1.29, 1.82) is 0 Å². The molecule has 90 valence electrons. The Hall–Kier alpha value is 0.120. The number of rotatable bonds is 4. The fraction of sp³-hybridized carbons (Fsp3) is 1.00. The van der Waals surface area contributed by atoms with E-state index in [0.717, 1.165) is 13.1 Å². The molecule has 0 radical (unpaired) electrons. The first-order valence-corrected chi connectivity index (χ1v) is 5.74. The topological polar surface area (TPSA) is 83.6 Å². The Bertz CT molecular complexity index is 195. The van der Waals surface area contributed by atoms with Gasteiger partial charge in [-0.1, -0.05) is 6.92 Å². The van der Waals surface area contributed by atoms with Gasteiger partial charge in [0, 0.05) is 13.1 Å². The van der Waals surface area contributed by atoms with Gasteiger partial charge < -0.3 is 10.6 Å². The molecule has 0 aliphatic heterocycles. The van der Waals surface area contributed by atoms with E-state index in [1.54, 1.807) is 6.92 Å². The Labute approximate surface area is 92.8 Å². The van der Waals surface area contributed by atoms with E-state index in [9.17, 15) is 8.42 Å². The van der Waals surface area contributed by atoms with E-state index in [0.29, 0.717) is 6.42 Å². The molecule has 0 atom stereocenters. The highest BCUT2D eigenvalue weighted by Crippen LogP contribution is 1.83. The van der Waals surface area contributed by atoms with Gasteiger partial charge in [0.1, 0.15) is 0 Å². The summed E-state index contributed by atoms with van der Waals surface area (Å²) >= 11 is 0. The molecule has 0 amide bonds. The third kappa shape index (κ3) is 29.6. The summed E-state index contributed by atoms with van der Waals surface area (Å²) in [6, 6.07) is 0. The lowest BCUT2D eigenvalue weighted by Crippen LogP contribution is -2.20. The van der Waals surface area contributed by atoms with Gasteiger partial charge >= 0.3 is 0 Å². The van der Waals surface area contributed by atoms with Crippen molar-refractivity contribution >= 4 is 22.5 Å². The van der Waals surface area contributed by atoms with Gasteiger partial charge in [-0.3, -0.25) is 4.55 Å². The summed E-state index contributed by atoms with van der Waals surface area (Å²) in [4.78, 5) is 2.06. The first-order chi connectivity index (χ1) is 5.83. The normalized spacial score (nSPS) is 10.1. The number of nitrogens with zero attached hydrogens (tertiary/aromatic N) is 1. The number of likely N-dealkylation sites (N-methyl/N-ethyl adjacent to an activating group) is 1. The standard InChI is InChI=1S/C4H12N2.C3H8O3S.ClH/c1-6(2)4-3-5;1-2-3-7(4,5)6;/h3-5H2,1-2H3;2-3H2,1H3,(H,4,5,6);1H. The van der Waals surface area contributed by atoms with Crippen LogP contribution in [0, 0.1) is 0 Å². The lowest BCUT2D eigenvalue weighted by molar-refractivity contribution is 0.420. The number of hydrogen-bond acceptors (Lipinski definition) is 4. The molecule has 0 aromatic carbocycles. The monoisotopic (exact) mass is 248 g/mol. The van der Waals surface area contributed by atoms with E-state index < -0.39 is 10.1 Å². The third-order valence-electron chi connectivity index (χ3n) is 1.04. The molecule has 0 fully saturated rings. The highest BCUT2D eigenvalue weighted by Gasteiger charge is 1.98. The summed E-state index contributed by atoms with van der Waals surface area (Å²) in [6.45, 7) is 3.43. The Balaban J connectivity index is -0.000000163. The van der Waals surface area contributed by atoms with Gasteiger partial charge in [0.05, 0.1) is 5.75 Å². The summed E-state index contributed by atoms with van der Waals surface area (Å²) in [5, 5.41) is 0. The fourth-order valence-corrected chi connectivity index (χ4v) is 1.03. The third-order valence-corrected chi connectivity index (χ3v) is 1.96. The highest BCUT2D eigenvalue weighted by atomic mass is 35.5. The second kappa shape index (κ2) is 11.2. The fourth-order valence-electron chi connectivity index (χ4n) is 0.516. The predicted molar refractivity (Wildman–Crippen MR) is 61.6 cm³/mol. The first-order valence-electron chi connectivity index (χ1n) is 4.13. The van der Waals surface area contributed by atoms with Crippen LogP contribution in [0.25, 0.3) is 0 Å². The summed E-state index contributed by atoms with van der Waals surface area (Å²) in [6.07, 6.45) is 0.471. The van der Waals surface area contributed by atoms with Crippen molar-refractivity contribution in [2.45, 2.75) is 13.3 Å². The van der Waals surface area contributed by atoms with Gasteiger partial charge in [-0.15, -0.1) is 12.4 Å². The quantitative estimate of drug-likeness (QED) is 0.695. The first kappa shape index (κ1) is 19.7. The maximum atomic E-state index is 9.79. The molecule has 0 aromatic heterocycles. The zero-order valence-corrected chi connectivity index (χ0v) is 10.6. The average Bonchev–Trinajstić information content (AvgIpc) is 1.84. The lowest BCUT2D eigenvalue weighted by Gasteiger charge is -2.03. The van der Waals surface area contributed by atoms with Gasteiger partial charge in [-0.05, 0) is 20.5 Å². The molecular weight excluding hydrogens is 228 g/mol. The lowest BCUT2D eigenvalue weighted by atomic mass is 10.6. The van der Waals surface area contributed by atoms with Gasteiger partial charge in [0.2, 0.25) is 0 Å². The molecule has 0 aromatic rings. The van der Waals surface area contributed by atoms with Crippen LogP contribution < -0.4 is 5.73 Å². The molecule has 14 heavy (non-hydrogen) atoms. The van der Waals surface area contributed by atoms with Crippen LogP contribution in [-0.4, -0.2) is 50.8 Å². The average molecular weight is 249 g/mol. The summed E-state index contributed by atoms with van der Waals surface area (Å²) in [5.41, 5.74) is 5.19. The molecule has 0 heterocycles. The van der Waals surface area contributed by atoms with E-state index >= 15 is 0 Å². The van der Waals surface area contributed by atoms with Gasteiger partial charge in [0.25, 0.3) is 10.1 Å². The molecule has 3 N–H and O–H groups in total. The van der Waals surface area contributed by atoms with Gasteiger partial charge in [0.15, 0.2) is 0 Å². The maximum absolute atomic E-state index is 9.79. The number of halogens is 1. The van der Waals surface area contributed by atoms with Crippen LogP contribution in [0.4, 0.5) is 0 Å². The zero-order chi connectivity index (χ0) is 10.9. The Morgan fingerprint density at radius 1 is 1.36 bits per heavy atom.